The van der Waals surface area contributed by atoms with Crippen LogP contribution in [0.15, 0.2) is 41.8 Å². The van der Waals surface area contributed by atoms with Gasteiger partial charge in [-0.15, -0.1) is 11.3 Å². The summed E-state index contributed by atoms with van der Waals surface area (Å²) in [5, 5.41) is 4.92. The second kappa shape index (κ2) is 6.34. The summed E-state index contributed by atoms with van der Waals surface area (Å²) >= 11 is 1.62. The van der Waals surface area contributed by atoms with Crippen LogP contribution < -0.4 is 5.32 Å². The van der Waals surface area contributed by atoms with Crippen LogP contribution in [0, 0.1) is 5.92 Å². The van der Waals surface area contributed by atoms with Gasteiger partial charge in [-0.25, -0.2) is 4.79 Å². The Kier molecular flexibility index (Phi) is 4.06. The SMILES string of the molecule is O=C(Nc1ccsc1-c1ccccc1)O[C@H]1CN2CCC1CC2. The molecular formula is C18H20N2O2S. The number of benzene rings is 1. The van der Waals surface area contributed by atoms with E-state index < -0.39 is 0 Å². The van der Waals surface area contributed by atoms with Crippen molar-refractivity contribution in [2.45, 2.75) is 18.9 Å². The molecule has 1 N–H and O–H groups in total. The maximum atomic E-state index is 12.3. The Morgan fingerprint density at radius 1 is 1.17 bits per heavy atom. The molecule has 3 aliphatic heterocycles. The van der Waals surface area contributed by atoms with Gasteiger partial charge in [0.25, 0.3) is 0 Å². The van der Waals surface area contributed by atoms with E-state index in [4.69, 9.17) is 4.74 Å². The van der Waals surface area contributed by atoms with E-state index in [9.17, 15) is 4.79 Å². The van der Waals surface area contributed by atoms with Crippen molar-refractivity contribution in [3.05, 3.63) is 41.8 Å². The predicted molar refractivity (Wildman–Crippen MR) is 92.8 cm³/mol. The highest BCUT2D eigenvalue weighted by atomic mass is 32.1. The molecule has 5 heteroatoms. The van der Waals surface area contributed by atoms with Crippen molar-refractivity contribution < 1.29 is 9.53 Å². The summed E-state index contributed by atoms with van der Waals surface area (Å²) in [5.74, 6) is 0.529. The van der Waals surface area contributed by atoms with E-state index in [0.29, 0.717) is 5.92 Å². The number of anilines is 1. The maximum Gasteiger partial charge on any atom is 0.411 e. The molecule has 2 aromatic rings. The summed E-state index contributed by atoms with van der Waals surface area (Å²) in [6, 6.07) is 12.0. The lowest BCUT2D eigenvalue weighted by Crippen LogP contribution is -2.52. The van der Waals surface area contributed by atoms with Crippen molar-refractivity contribution in [1.29, 1.82) is 0 Å². The molecule has 1 aromatic carbocycles. The van der Waals surface area contributed by atoms with Gasteiger partial charge in [-0.3, -0.25) is 10.2 Å². The van der Waals surface area contributed by atoms with Crippen LogP contribution in [0.25, 0.3) is 10.4 Å². The fraction of sp³-hybridized carbons (Fsp3) is 0.389. The topological polar surface area (TPSA) is 41.6 Å². The van der Waals surface area contributed by atoms with E-state index >= 15 is 0 Å². The number of fused-ring (bicyclic) bond motifs is 3. The second-order valence-electron chi connectivity index (χ2n) is 6.24. The van der Waals surface area contributed by atoms with Crippen molar-refractivity contribution in [2.24, 2.45) is 5.92 Å². The van der Waals surface area contributed by atoms with Gasteiger partial charge in [0.1, 0.15) is 6.10 Å². The van der Waals surface area contributed by atoms with Crippen LogP contribution in [0.4, 0.5) is 10.5 Å². The predicted octanol–water partition coefficient (Wildman–Crippen LogP) is 4.06. The van der Waals surface area contributed by atoms with Crippen molar-refractivity contribution in [3.63, 3.8) is 0 Å². The minimum atomic E-state index is -0.334. The van der Waals surface area contributed by atoms with Gasteiger partial charge in [0.15, 0.2) is 0 Å². The lowest BCUT2D eigenvalue weighted by molar-refractivity contribution is -0.0289. The number of nitrogens with zero attached hydrogens (tertiary/aromatic N) is 1. The first kappa shape index (κ1) is 14.7. The summed E-state index contributed by atoms with van der Waals surface area (Å²) < 4.78 is 5.70. The number of carbonyl (C=O) groups excluding carboxylic acids is 1. The molecule has 23 heavy (non-hydrogen) atoms. The highest BCUT2D eigenvalue weighted by Gasteiger charge is 2.36. The number of rotatable bonds is 3. The number of nitrogens with one attached hydrogen (secondary N) is 1. The van der Waals surface area contributed by atoms with Gasteiger partial charge in [0.2, 0.25) is 0 Å². The summed E-state index contributed by atoms with van der Waals surface area (Å²) in [6.45, 7) is 3.18. The van der Waals surface area contributed by atoms with Crippen LogP contribution in [0.3, 0.4) is 0 Å². The van der Waals surface area contributed by atoms with E-state index in [1.165, 1.54) is 0 Å². The minimum absolute atomic E-state index is 0.0383. The molecular weight excluding hydrogens is 308 g/mol. The van der Waals surface area contributed by atoms with E-state index in [1.807, 2.05) is 29.6 Å². The molecule has 3 fully saturated rings. The molecule has 3 aliphatic rings. The Morgan fingerprint density at radius 2 is 1.96 bits per heavy atom. The van der Waals surface area contributed by atoms with Gasteiger partial charge in [0, 0.05) is 6.54 Å². The molecule has 3 saturated heterocycles. The third-order valence-corrected chi connectivity index (χ3v) is 5.76. The first-order valence-electron chi connectivity index (χ1n) is 8.12. The summed E-state index contributed by atoms with van der Waals surface area (Å²) in [7, 11) is 0. The van der Waals surface area contributed by atoms with Crippen LogP contribution in [0.2, 0.25) is 0 Å². The first-order valence-corrected chi connectivity index (χ1v) is 9.00. The average molecular weight is 328 g/mol. The molecule has 0 unspecified atom stereocenters. The van der Waals surface area contributed by atoms with Gasteiger partial charge in [-0.1, -0.05) is 30.3 Å². The zero-order valence-corrected chi connectivity index (χ0v) is 13.7. The van der Waals surface area contributed by atoms with E-state index in [2.05, 4.69) is 22.3 Å². The second-order valence-corrected chi connectivity index (χ2v) is 7.15. The fourth-order valence-electron chi connectivity index (χ4n) is 3.54. The Hall–Kier alpha value is -1.85. The van der Waals surface area contributed by atoms with Crippen LogP contribution in [0.1, 0.15) is 12.8 Å². The number of hydrogen-bond acceptors (Lipinski definition) is 4. The van der Waals surface area contributed by atoms with Gasteiger partial charge < -0.3 is 4.74 Å². The van der Waals surface area contributed by atoms with Gasteiger partial charge in [-0.2, -0.15) is 0 Å². The van der Waals surface area contributed by atoms with Crippen LogP contribution in [-0.4, -0.2) is 36.7 Å². The van der Waals surface area contributed by atoms with Crippen molar-refractivity contribution in [2.75, 3.05) is 25.0 Å². The molecule has 5 rings (SSSR count). The molecule has 1 amide bonds. The van der Waals surface area contributed by atoms with Crippen molar-refractivity contribution in [1.82, 2.24) is 4.90 Å². The van der Waals surface area contributed by atoms with E-state index in [0.717, 1.165) is 48.6 Å². The number of carbonyl (C=O) groups is 1. The smallest absolute Gasteiger partial charge is 0.411 e. The number of amides is 1. The van der Waals surface area contributed by atoms with E-state index in [-0.39, 0.29) is 12.2 Å². The Labute approximate surface area is 140 Å². The lowest BCUT2D eigenvalue weighted by Gasteiger charge is -2.43. The minimum Gasteiger partial charge on any atom is -0.444 e. The molecule has 4 nitrogen and oxygen atoms in total. The molecule has 1 atom stereocenters. The van der Waals surface area contributed by atoms with Crippen LogP contribution >= 0.6 is 11.3 Å². The highest BCUT2D eigenvalue weighted by Crippen LogP contribution is 2.34. The fourth-order valence-corrected chi connectivity index (χ4v) is 4.40. The quantitative estimate of drug-likeness (QED) is 0.924. The lowest BCUT2D eigenvalue weighted by atomic mass is 9.86. The number of hydrogen-bond donors (Lipinski definition) is 1. The first-order chi connectivity index (χ1) is 11.3. The zero-order valence-electron chi connectivity index (χ0n) is 12.9. The standard InChI is InChI=1S/C18H20N2O2S/c21-18(22-16-12-20-9-6-13(16)7-10-20)19-15-8-11-23-17(15)14-4-2-1-3-5-14/h1-5,8,11,13,16H,6-7,9-10,12H2,(H,19,21)/t16-/m0/s1. The van der Waals surface area contributed by atoms with Crippen molar-refractivity contribution >= 4 is 23.1 Å². The Bertz CT molecular complexity index is 677. The maximum absolute atomic E-state index is 12.3. The van der Waals surface area contributed by atoms with Gasteiger partial charge in [-0.05, 0) is 48.9 Å². The Morgan fingerprint density at radius 3 is 2.65 bits per heavy atom. The molecule has 0 radical (unpaired) electrons. The highest BCUT2D eigenvalue weighted by molar-refractivity contribution is 7.14. The summed E-state index contributed by atoms with van der Waals surface area (Å²) in [5.41, 5.74) is 1.94. The third-order valence-electron chi connectivity index (χ3n) is 4.79. The molecule has 4 heterocycles. The largest absolute Gasteiger partial charge is 0.444 e. The van der Waals surface area contributed by atoms with Crippen molar-refractivity contribution in [3.8, 4) is 10.4 Å². The van der Waals surface area contributed by atoms with Gasteiger partial charge >= 0.3 is 6.09 Å². The molecule has 2 bridgehead atoms. The normalized spacial score (nSPS) is 26.0. The van der Waals surface area contributed by atoms with Gasteiger partial charge in [0.05, 0.1) is 10.6 Å². The molecule has 1 aromatic heterocycles. The number of ether oxygens (including phenoxy) is 1. The molecule has 0 aliphatic carbocycles. The zero-order chi connectivity index (χ0) is 15.6. The monoisotopic (exact) mass is 328 g/mol. The summed E-state index contributed by atoms with van der Waals surface area (Å²) in [4.78, 5) is 15.7. The Balaban J connectivity index is 1.43. The van der Waals surface area contributed by atoms with Crippen LogP contribution in [-0.2, 0) is 4.74 Å². The average Bonchev–Trinajstić information content (AvgIpc) is 3.04. The summed E-state index contributed by atoms with van der Waals surface area (Å²) in [6.07, 6.45) is 1.99. The molecule has 0 saturated carbocycles. The number of piperidine rings is 3. The molecule has 0 spiro atoms. The number of thiophene rings is 1. The van der Waals surface area contributed by atoms with Crippen LogP contribution in [0.5, 0.6) is 0 Å². The van der Waals surface area contributed by atoms with E-state index in [1.54, 1.807) is 11.3 Å². The molecule has 120 valence electrons. The third kappa shape index (κ3) is 3.12.